The molecule has 0 amide bonds. The Balaban J connectivity index is 1.98. The molecule has 5 heteroatoms. The molecule has 0 saturated heterocycles. The lowest BCUT2D eigenvalue weighted by molar-refractivity contribution is -0.384. The molecule has 3 rings (SSSR count). The summed E-state index contributed by atoms with van der Waals surface area (Å²) in [4.78, 5) is 15.1. The van der Waals surface area contributed by atoms with Crippen LogP contribution < -0.4 is 5.32 Å². The van der Waals surface area contributed by atoms with Crippen molar-refractivity contribution in [2.75, 3.05) is 5.32 Å². The minimum absolute atomic E-state index is 0.0623. The van der Waals surface area contributed by atoms with E-state index in [0.29, 0.717) is 11.7 Å². The zero-order chi connectivity index (χ0) is 14.8. The molecular formula is C16H19N3O2. The molecule has 1 saturated carbocycles. The van der Waals surface area contributed by atoms with Gasteiger partial charge in [-0.05, 0) is 37.7 Å². The second kappa shape index (κ2) is 5.68. The highest BCUT2D eigenvalue weighted by Gasteiger charge is 2.23. The number of nitrogens with one attached hydrogen (secondary N) is 1. The van der Waals surface area contributed by atoms with E-state index in [1.165, 1.54) is 19.0 Å². The minimum Gasteiger partial charge on any atom is -0.376 e. The van der Waals surface area contributed by atoms with Gasteiger partial charge in [-0.3, -0.25) is 10.1 Å². The van der Waals surface area contributed by atoms with Crippen molar-refractivity contribution in [3.8, 4) is 0 Å². The molecule has 1 aliphatic carbocycles. The summed E-state index contributed by atoms with van der Waals surface area (Å²) in [6.45, 7) is 2.26. The quantitative estimate of drug-likeness (QED) is 0.680. The van der Waals surface area contributed by atoms with Crippen LogP contribution >= 0.6 is 0 Å². The number of benzene rings is 1. The fraction of sp³-hybridized carbons (Fsp3) is 0.438. The normalized spacial score (nSPS) is 22.1. The van der Waals surface area contributed by atoms with Crippen LogP contribution in [0.4, 0.5) is 11.4 Å². The predicted molar refractivity (Wildman–Crippen MR) is 83.4 cm³/mol. The molecule has 1 heterocycles. The number of nitro groups is 1. The monoisotopic (exact) mass is 285 g/mol. The van der Waals surface area contributed by atoms with E-state index in [-0.39, 0.29) is 10.6 Å². The van der Waals surface area contributed by atoms with E-state index in [1.807, 2.05) is 24.3 Å². The molecule has 0 radical (unpaired) electrons. The molecule has 0 bridgehead atoms. The Morgan fingerprint density at radius 1 is 1.24 bits per heavy atom. The Morgan fingerprint density at radius 3 is 2.67 bits per heavy atom. The van der Waals surface area contributed by atoms with Gasteiger partial charge in [0.2, 0.25) is 0 Å². The fourth-order valence-electron chi connectivity index (χ4n) is 3.03. The first-order valence-corrected chi connectivity index (χ1v) is 7.44. The van der Waals surface area contributed by atoms with Crippen LogP contribution in [-0.4, -0.2) is 15.9 Å². The molecular weight excluding hydrogens is 266 g/mol. The zero-order valence-electron chi connectivity index (χ0n) is 12.1. The lowest BCUT2D eigenvalue weighted by atomic mass is 9.87. The largest absolute Gasteiger partial charge is 0.376 e. The minimum atomic E-state index is -0.354. The van der Waals surface area contributed by atoms with Gasteiger partial charge in [-0.1, -0.05) is 25.1 Å². The number of hydrogen-bond donors (Lipinski definition) is 1. The number of fused-ring (bicyclic) bond motifs is 1. The topological polar surface area (TPSA) is 68.1 Å². The predicted octanol–water partition coefficient (Wildman–Crippen LogP) is 4.13. The first-order chi connectivity index (χ1) is 10.1. The maximum absolute atomic E-state index is 11.3. The summed E-state index contributed by atoms with van der Waals surface area (Å²) in [5, 5.41) is 15.5. The van der Waals surface area contributed by atoms with Crippen LogP contribution in [0.1, 0.15) is 32.6 Å². The average Bonchev–Trinajstić information content (AvgIpc) is 2.49. The van der Waals surface area contributed by atoms with E-state index in [9.17, 15) is 10.1 Å². The van der Waals surface area contributed by atoms with E-state index in [2.05, 4.69) is 17.2 Å². The lowest BCUT2D eigenvalue weighted by Crippen LogP contribution is -2.25. The van der Waals surface area contributed by atoms with Gasteiger partial charge in [-0.15, -0.1) is 0 Å². The highest BCUT2D eigenvalue weighted by Crippen LogP contribution is 2.34. The number of para-hydroxylation sites is 1. The van der Waals surface area contributed by atoms with Crippen LogP contribution in [0.25, 0.3) is 10.9 Å². The molecule has 110 valence electrons. The highest BCUT2D eigenvalue weighted by atomic mass is 16.6. The summed E-state index contributed by atoms with van der Waals surface area (Å²) in [5.74, 6) is 0.757. The molecule has 21 heavy (non-hydrogen) atoms. The van der Waals surface area contributed by atoms with E-state index >= 15 is 0 Å². The SMILES string of the molecule is CC1CCC(Nc2c([N+](=O)[O-])cnc3ccccc23)CC1. The summed E-state index contributed by atoms with van der Waals surface area (Å²) in [5.41, 5.74) is 1.47. The van der Waals surface area contributed by atoms with Crippen LogP contribution in [0.5, 0.6) is 0 Å². The first-order valence-electron chi connectivity index (χ1n) is 7.44. The summed E-state index contributed by atoms with van der Waals surface area (Å²) in [6, 6.07) is 7.87. The molecule has 1 aromatic heterocycles. The molecule has 1 aliphatic rings. The average molecular weight is 285 g/mol. The van der Waals surface area contributed by atoms with Crippen LogP contribution in [0, 0.1) is 16.0 Å². The maximum atomic E-state index is 11.3. The Labute approximate surface area is 123 Å². The van der Waals surface area contributed by atoms with Gasteiger partial charge < -0.3 is 5.32 Å². The number of hydrogen-bond acceptors (Lipinski definition) is 4. The summed E-state index contributed by atoms with van der Waals surface area (Å²) in [7, 11) is 0. The number of rotatable bonds is 3. The number of pyridine rings is 1. The van der Waals surface area contributed by atoms with Crippen LogP contribution in [0.3, 0.4) is 0 Å². The van der Waals surface area contributed by atoms with Gasteiger partial charge in [0.1, 0.15) is 11.9 Å². The molecule has 2 aromatic rings. The van der Waals surface area contributed by atoms with Gasteiger partial charge in [0, 0.05) is 11.4 Å². The molecule has 0 atom stereocenters. The van der Waals surface area contributed by atoms with Gasteiger partial charge in [0.05, 0.1) is 10.4 Å². The van der Waals surface area contributed by atoms with Crippen molar-refractivity contribution in [3.05, 3.63) is 40.6 Å². The summed E-state index contributed by atoms with van der Waals surface area (Å²) in [6.07, 6.45) is 5.84. The van der Waals surface area contributed by atoms with Crippen molar-refractivity contribution in [2.24, 2.45) is 5.92 Å². The van der Waals surface area contributed by atoms with E-state index < -0.39 is 0 Å². The third-order valence-corrected chi connectivity index (χ3v) is 4.32. The van der Waals surface area contributed by atoms with Crippen molar-refractivity contribution >= 4 is 22.3 Å². The van der Waals surface area contributed by atoms with Crippen LogP contribution in [0.15, 0.2) is 30.5 Å². The Hall–Kier alpha value is -2.17. The van der Waals surface area contributed by atoms with Gasteiger partial charge in [0.25, 0.3) is 0 Å². The Morgan fingerprint density at radius 2 is 1.95 bits per heavy atom. The third-order valence-electron chi connectivity index (χ3n) is 4.32. The van der Waals surface area contributed by atoms with Crippen molar-refractivity contribution in [1.29, 1.82) is 0 Å². The van der Waals surface area contributed by atoms with Gasteiger partial charge in [0.15, 0.2) is 0 Å². The maximum Gasteiger partial charge on any atom is 0.311 e. The van der Waals surface area contributed by atoms with Gasteiger partial charge >= 0.3 is 5.69 Å². The van der Waals surface area contributed by atoms with Crippen LogP contribution in [-0.2, 0) is 0 Å². The standard InChI is InChI=1S/C16H19N3O2/c1-11-6-8-12(9-7-11)18-16-13-4-2-3-5-14(13)17-10-15(16)19(20)21/h2-5,10-12H,6-9H2,1H3,(H,17,18). The van der Waals surface area contributed by atoms with Gasteiger partial charge in [-0.25, -0.2) is 4.98 Å². The second-order valence-corrected chi connectivity index (χ2v) is 5.89. The molecule has 0 spiro atoms. The zero-order valence-corrected chi connectivity index (χ0v) is 12.1. The molecule has 1 N–H and O–H groups in total. The van der Waals surface area contributed by atoms with E-state index in [1.54, 1.807) is 0 Å². The second-order valence-electron chi connectivity index (χ2n) is 5.89. The lowest BCUT2D eigenvalue weighted by Gasteiger charge is -2.27. The number of anilines is 1. The highest BCUT2D eigenvalue weighted by molar-refractivity contribution is 5.95. The first kappa shape index (κ1) is 13.8. The molecule has 0 aliphatic heterocycles. The molecule has 1 aromatic carbocycles. The fourth-order valence-corrected chi connectivity index (χ4v) is 3.03. The summed E-state index contributed by atoms with van der Waals surface area (Å²) >= 11 is 0. The molecule has 5 nitrogen and oxygen atoms in total. The number of nitrogens with zero attached hydrogens (tertiary/aromatic N) is 2. The molecule has 1 fully saturated rings. The van der Waals surface area contributed by atoms with Crippen LogP contribution in [0.2, 0.25) is 0 Å². The Bertz CT molecular complexity index is 664. The summed E-state index contributed by atoms with van der Waals surface area (Å²) < 4.78 is 0. The van der Waals surface area contributed by atoms with Crippen molar-refractivity contribution in [3.63, 3.8) is 0 Å². The van der Waals surface area contributed by atoms with Crippen molar-refractivity contribution in [1.82, 2.24) is 4.98 Å². The third kappa shape index (κ3) is 2.82. The smallest absolute Gasteiger partial charge is 0.311 e. The van der Waals surface area contributed by atoms with Crippen molar-refractivity contribution in [2.45, 2.75) is 38.6 Å². The Kier molecular flexibility index (Phi) is 3.73. The van der Waals surface area contributed by atoms with Gasteiger partial charge in [-0.2, -0.15) is 0 Å². The number of aromatic nitrogens is 1. The van der Waals surface area contributed by atoms with E-state index in [4.69, 9.17) is 0 Å². The van der Waals surface area contributed by atoms with E-state index in [0.717, 1.165) is 29.7 Å². The molecule has 0 unspecified atom stereocenters. The van der Waals surface area contributed by atoms with Crippen molar-refractivity contribution < 1.29 is 4.92 Å².